The second-order valence-corrected chi connectivity index (χ2v) is 6.77. The van der Waals surface area contributed by atoms with E-state index in [9.17, 15) is 10.1 Å². The Hall–Kier alpha value is -2.87. The van der Waals surface area contributed by atoms with Gasteiger partial charge in [0.15, 0.2) is 5.16 Å². The van der Waals surface area contributed by atoms with Gasteiger partial charge in [-0.2, -0.15) is 0 Å². The number of aryl methyl sites for hydroxylation is 1. The van der Waals surface area contributed by atoms with Gasteiger partial charge in [-0.1, -0.05) is 42.1 Å². The Balaban J connectivity index is 1.94. The van der Waals surface area contributed by atoms with Gasteiger partial charge in [-0.05, 0) is 36.8 Å². The topological polar surface area (TPSA) is 83.1 Å². The Bertz CT molecular complexity index is 881. The van der Waals surface area contributed by atoms with Gasteiger partial charge in [0.25, 0.3) is 0 Å². The molecule has 1 aromatic heterocycles. The van der Waals surface area contributed by atoms with Crippen LogP contribution in [0.4, 0.5) is 0 Å². The number of hydrogen-bond acceptors (Lipinski definition) is 6. The largest absolute Gasteiger partial charge is 0.497 e. The zero-order valence-corrected chi connectivity index (χ0v) is 15.2. The van der Waals surface area contributed by atoms with Crippen LogP contribution in [0, 0.1) is 17.0 Å². The van der Waals surface area contributed by atoms with Crippen molar-refractivity contribution in [2.24, 2.45) is 0 Å². The molecular formula is C18H18N4O3S. The summed E-state index contributed by atoms with van der Waals surface area (Å²) in [5.41, 5.74) is 1.76. The second kappa shape index (κ2) is 8.01. The van der Waals surface area contributed by atoms with Crippen LogP contribution in [0.3, 0.4) is 0 Å². The van der Waals surface area contributed by atoms with Crippen molar-refractivity contribution in [1.29, 1.82) is 0 Å². The lowest BCUT2D eigenvalue weighted by molar-refractivity contribution is -0.479. The van der Waals surface area contributed by atoms with Crippen molar-refractivity contribution in [1.82, 2.24) is 14.8 Å². The number of thioether (sulfide) groups is 1. The van der Waals surface area contributed by atoms with E-state index in [0.29, 0.717) is 11.0 Å². The predicted molar refractivity (Wildman–Crippen MR) is 99.5 cm³/mol. The summed E-state index contributed by atoms with van der Waals surface area (Å²) >= 11 is 1.34. The summed E-state index contributed by atoms with van der Waals surface area (Å²) < 4.78 is 7.08. The Kier molecular flexibility index (Phi) is 5.52. The number of rotatable bonds is 7. The summed E-state index contributed by atoms with van der Waals surface area (Å²) in [6.45, 7) is 1.66. The van der Waals surface area contributed by atoms with Crippen LogP contribution in [0.15, 0.2) is 59.8 Å². The smallest absolute Gasteiger partial charge is 0.220 e. The third kappa shape index (κ3) is 4.02. The van der Waals surface area contributed by atoms with Gasteiger partial charge in [-0.15, -0.1) is 10.2 Å². The molecule has 0 amide bonds. The molecule has 0 aliphatic carbocycles. The minimum Gasteiger partial charge on any atom is -0.497 e. The normalized spacial score (nSPS) is 11.9. The Morgan fingerprint density at radius 2 is 1.85 bits per heavy atom. The van der Waals surface area contributed by atoms with Crippen molar-refractivity contribution < 1.29 is 9.66 Å². The maximum absolute atomic E-state index is 11.1. The first-order valence-corrected chi connectivity index (χ1v) is 8.86. The van der Waals surface area contributed by atoms with Crippen LogP contribution in [-0.2, 0) is 0 Å². The molecule has 26 heavy (non-hydrogen) atoms. The number of ether oxygens (including phenoxy) is 1. The lowest BCUT2D eigenvalue weighted by Crippen LogP contribution is -2.11. The van der Waals surface area contributed by atoms with E-state index < -0.39 is 0 Å². The Labute approximate surface area is 155 Å². The van der Waals surface area contributed by atoms with Crippen LogP contribution < -0.4 is 4.74 Å². The molecule has 1 heterocycles. The Morgan fingerprint density at radius 1 is 1.15 bits per heavy atom. The van der Waals surface area contributed by atoms with Gasteiger partial charge in [0, 0.05) is 10.6 Å². The van der Waals surface area contributed by atoms with Crippen molar-refractivity contribution in [3.05, 3.63) is 76.1 Å². The minimum atomic E-state index is -0.355. The van der Waals surface area contributed by atoms with E-state index in [2.05, 4.69) is 10.2 Å². The fourth-order valence-electron chi connectivity index (χ4n) is 2.59. The lowest BCUT2D eigenvalue weighted by atomic mass is 10.1. The highest BCUT2D eigenvalue weighted by molar-refractivity contribution is 7.99. The summed E-state index contributed by atoms with van der Waals surface area (Å²) in [5.74, 6) is 1.47. The molecule has 0 N–H and O–H groups in total. The molecule has 0 aliphatic rings. The molecule has 0 spiro atoms. The standard InChI is InChI=1S/C18H18N4O3S/c1-13-19-20-18(22(13)15-8-10-16(25-2)11-9-15)26-17(12-21(23)24)14-6-4-3-5-7-14/h3-11,17H,12H2,1-2H3/t17-/m1/s1. The number of aromatic nitrogens is 3. The molecule has 0 unspecified atom stereocenters. The number of hydrogen-bond donors (Lipinski definition) is 0. The molecule has 7 nitrogen and oxygen atoms in total. The molecule has 0 saturated heterocycles. The van der Waals surface area contributed by atoms with E-state index in [1.165, 1.54) is 11.8 Å². The second-order valence-electron chi connectivity index (χ2n) is 5.60. The van der Waals surface area contributed by atoms with Gasteiger partial charge in [0.2, 0.25) is 6.54 Å². The molecule has 0 radical (unpaired) electrons. The van der Waals surface area contributed by atoms with E-state index in [4.69, 9.17) is 4.74 Å². The average Bonchev–Trinajstić information content (AvgIpc) is 3.02. The molecule has 3 rings (SSSR count). The lowest BCUT2D eigenvalue weighted by Gasteiger charge is -2.14. The van der Waals surface area contributed by atoms with E-state index in [1.54, 1.807) is 7.11 Å². The third-order valence-electron chi connectivity index (χ3n) is 3.86. The SMILES string of the molecule is COc1ccc(-n2c(C)nnc2S[C@H](C[N+](=O)[O-])c2ccccc2)cc1. The summed E-state index contributed by atoms with van der Waals surface area (Å²) in [6, 6.07) is 17.0. The van der Waals surface area contributed by atoms with Gasteiger partial charge in [0.1, 0.15) is 16.8 Å². The zero-order chi connectivity index (χ0) is 18.5. The number of nitrogens with zero attached hydrogens (tertiary/aromatic N) is 4. The van der Waals surface area contributed by atoms with Crippen LogP contribution in [0.1, 0.15) is 16.6 Å². The number of benzene rings is 2. The van der Waals surface area contributed by atoms with E-state index >= 15 is 0 Å². The Morgan fingerprint density at radius 3 is 2.46 bits per heavy atom. The van der Waals surface area contributed by atoms with E-state index in [-0.39, 0.29) is 16.7 Å². The van der Waals surface area contributed by atoms with Crippen molar-refractivity contribution >= 4 is 11.8 Å². The average molecular weight is 370 g/mol. The van der Waals surface area contributed by atoms with Gasteiger partial charge in [0.05, 0.1) is 7.11 Å². The van der Waals surface area contributed by atoms with Crippen LogP contribution in [0.5, 0.6) is 5.75 Å². The molecule has 0 bridgehead atoms. The van der Waals surface area contributed by atoms with E-state index in [1.807, 2.05) is 66.1 Å². The number of nitro groups is 1. The summed E-state index contributed by atoms with van der Waals surface area (Å²) in [6.07, 6.45) is 0. The van der Waals surface area contributed by atoms with Crippen LogP contribution in [0.25, 0.3) is 5.69 Å². The molecule has 0 aliphatic heterocycles. The molecule has 2 aromatic carbocycles. The first-order valence-electron chi connectivity index (χ1n) is 7.98. The highest BCUT2D eigenvalue weighted by atomic mass is 32.2. The summed E-state index contributed by atoms with van der Waals surface area (Å²) in [5, 5.41) is 19.8. The van der Waals surface area contributed by atoms with Crippen molar-refractivity contribution in [2.45, 2.75) is 17.3 Å². The predicted octanol–water partition coefficient (Wildman–Crippen LogP) is 3.69. The molecule has 1 atom stereocenters. The molecular weight excluding hydrogens is 352 g/mol. The first kappa shape index (κ1) is 17.9. The zero-order valence-electron chi connectivity index (χ0n) is 14.4. The fraction of sp³-hybridized carbons (Fsp3) is 0.222. The quantitative estimate of drug-likeness (QED) is 0.358. The van der Waals surface area contributed by atoms with Gasteiger partial charge < -0.3 is 4.74 Å². The first-order chi connectivity index (χ1) is 12.6. The van der Waals surface area contributed by atoms with Gasteiger partial charge in [-0.25, -0.2) is 0 Å². The van der Waals surface area contributed by atoms with Crippen molar-refractivity contribution in [3.8, 4) is 11.4 Å². The molecule has 134 valence electrons. The summed E-state index contributed by atoms with van der Waals surface area (Å²) in [4.78, 5) is 10.8. The van der Waals surface area contributed by atoms with Gasteiger partial charge in [-0.3, -0.25) is 14.7 Å². The van der Waals surface area contributed by atoms with Crippen molar-refractivity contribution in [2.75, 3.05) is 13.7 Å². The van der Waals surface area contributed by atoms with E-state index in [0.717, 1.165) is 17.0 Å². The van der Waals surface area contributed by atoms with Crippen LogP contribution in [-0.4, -0.2) is 33.3 Å². The third-order valence-corrected chi connectivity index (χ3v) is 5.04. The molecule has 3 aromatic rings. The summed E-state index contributed by atoms with van der Waals surface area (Å²) in [7, 11) is 1.61. The molecule has 0 saturated carbocycles. The minimum absolute atomic E-state index is 0.191. The highest BCUT2D eigenvalue weighted by Gasteiger charge is 2.23. The maximum atomic E-state index is 11.1. The monoisotopic (exact) mass is 370 g/mol. The van der Waals surface area contributed by atoms with Crippen molar-refractivity contribution in [3.63, 3.8) is 0 Å². The highest BCUT2D eigenvalue weighted by Crippen LogP contribution is 2.35. The maximum Gasteiger partial charge on any atom is 0.220 e. The van der Waals surface area contributed by atoms with Crippen LogP contribution in [0.2, 0.25) is 0 Å². The fourth-order valence-corrected chi connectivity index (χ4v) is 3.76. The molecule has 8 heteroatoms. The van der Waals surface area contributed by atoms with Crippen LogP contribution >= 0.6 is 11.8 Å². The number of methoxy groups -OCH3 is 1. The van der Waals surface area contributed by atoms with Gasteiger partial charge >= 0.3 is 0 Å². The molecule has 0 fully saturated rings.